The summed E-state index contributed by atoms with van der Waals surface area (Å²) in [6.45, 7) is 0. The molecule has 2 N–H and O–H groups in total. The first-order chi connectivity index (χ1) is 18.0. The van der Waals surface area contributed by atoms with E-state index in [-0.39, 0.29) is 23.5 Å². The van der Waals surface area contributed by atoms with Crippen molar-refractivity contribution in [2.24, 2.45) is 5.73 Å². The van der Waals surface area contributed by atoms with Gasteiger partial charge in [0.2, 0.25) is 0 Å². The summed E-state index contributed by atoms with van der Waals surface area (Å²) in [4.78, 5) is 29.9. The summed E-state index contributed by atoms with van der Waals surface area (Å²) in [6, 6.07) is 12.8. The van der Waals surface area contributed by atoms with E-state index in [1.807, 2.05) is 30.4 Å². The van der Waals surface area contributed by atoms with Gasteiger partial charge in [0.1, 0.15) is 11.6 Å². The maximum Gasteiger partial charge on any atom is 0.254 e. The molecule has 37 heavy (non-hydrogen) atoms. The number of hydrogen-bond acceptors (Lipinski definition) is 5. The predicted octanol–water partition coefficient (Wildman–Crippen LogP) is 5.22. The number of nitrogens with zero attached hydrogens (tertiary/aromatic N) is 5. The molecule has 7 nitrogen and oxygen atoms in total. The Hall–Kier alpha value is -3.58. The Morgan fingerprint density at radius 1 is 1.00 bits per heavy atom. The summed E-state index contributed by atoms with van der Waals surface area (Å²) in [5.74, 6) is 2.42. The van der Waals surface area contributed by atoms with Crippen molar-refractivity contribution in [1.82, 2.24) is 24.4 Å². The molecule has 2 aliphatic carbocycles. The lowest BCUT2D eigenvalue weighted by atomic mass is 9.91. The van der Waals surface area contributed by atoms with Crippen LogP contribution in [-0.4, -0.2) is 37.4 Å². The van der Waals surface area contributed by atoms with Crippen LogP contribution in [0.5, 0.6) is 0 Å². The average Bonchev–Trinajstić information content (AvgIpc) is 3.44. The first-order valence-corrected chi connectivity index (χ1v) is 13.6. The Morgan fingerprint density at radius 2 is 1.78 bits per heavy atom. The van der Waals surface area contributed by atoms with Crippen LogP contribution in [0, 0.1) is 0 Å². The van der Waals surface area contributed by atoms with Crippen LogP contribution in [0.15, 0.2) is 48.8 Å². The van der Waals surface area contributed by atoms with E-state index in [2.05, 4.69) is 34.9 Å². The van der Waals surface area contributed by atoms with Crippen molar-refractivity contribution < 1.29 is 4.79 Å². The Bertz CT molecular complexity index is 1580. The SMILES string of the molecule is CN1C(=O)c2cccc(C3CC3)c2[C@H]2C[C@@H]1c1nc3ccc(-c4cnc(C5(N)CCCC5)nc4)cc3n12. The molecule has 2 aromatic heterocycles. The fraction of sp³-hybridized carbons (Fsp3) is 0.400. The summed E-state index contributed by atoms with van der Waals surface area (Å²) in [5, 5.41) is 0. The van der Waals surface area contributed by atoms with E-state index in [9.17, 15) is 4.79 Å². The van der Waals surface area contributed by atoms with Gasteiger partial charge in [0.15, 0.2) is 0 Å². The highest BCUT2D eigenvalue weighted by atomic mass is 16.2. The van der Waals surface area contributed by atoms with Gasteiger partial charge in [-0.25, -0.2) is 15.0 Å². The molecule has 2 fully saturated rings. The molecule has 2 saturated carbocycles. The lowest BCUT2D eigenvalue weighted by Crippen LogP contribution is -2.35. The molecule has 4 aliphatic rings. The zero-order chi connectivity index (χ0) is 24.9. The average molecular weight is 491 g/mol. The highest BCUT2D eigenvalue weighted by Gasteiger charge is 2.45. The van der Waals surface area contributed by atoms with Crippen molar-refractivity contribution in [3.63, 3.8) is 0 Å². The Labute approximate surface area is 215 Å². The normalized spacial score (nSPS) is 23.8. The van der Waals surface area contributed by atoms with Gasteiger partial charge in [-0.05, 0) is 66.5 Å². The second kappa shape index (κ2) is 7.48. The number of fused-ring (bicyclic) bond motifs is 9. The molecule has 0 radical (unpaired) electrons. The van der Waals surface area contributed by atoms with Crippen LogP contribution in [0.3, 0.4) is 0 Å². The van der Waals surface area contributed by atoms with Crippen LogP contribution in [0.4, 0.5) is 0 Å². The van der Waals surface area contributed by atoms with Crippen LogP contribution in [0.2, 0.25) is 0 Å². The number of benzene rings is 2. The van der Waals surface area contributed by atoms with Crippen LogP contribution in [0.1, 0.15) is 96.1 Å². The summed E-state index contributed by atoms with van der Waals surface area (Å²) in [7, 11) is 1.93. The Morgan fingerprint density at radius 3 is 2.54 bits per heavy atom. The third-order valence-electron chi connectivity index (χ3n) is 9.21. The minimum atomic E-state index is -0.388. The van der Waals surface area contributed by atoms with Gasteiger partial charge in [-0.3, -0.25) is 4.79 Å². The largest absolute Gasteiger partial charge is 0.331 e. The summed E-state index contributed by atoms with van der Waals surface area (Å²) >= 11 is 0. The molecule has 4 heterocycles. The molecule has 1 amide bonds. The molecule has 2 aliphatic heterocycles. The number of carbonyl (C=O) groups excluding carboxylic acids is 1. The molecule has 186 valence electrons. The summed E-state index contributed by atoms with van der Waals surface area (Å²) in [5.41, 5.74) is 13.7. The van der Waals surface area contributed by atoms with Gasteiger partial charge < -0.3 is 15.2 Å². The van der Waals surface area contributed by atoms with Crippen LogP contribution in [-0.2, 0) is 5.54 Å². The van der Waals surface area contributed by atoms with Gasteiger partial charge in [-0.2, -0.15) is 0 Å². The molecular formula is C30H30N6O. The summed E-state index contributed by atoms with van der Waals surface area (Å²) in [6.07, 6.45) is 11.3. The van der Waals surface area contributed by atoms with Gasteiger partial charge in [0, 0.05) is 37.0 Å². The van der Waals surface area contributed by atoms with Gasteiger partial charge in [-0.15, -0.1) is 0 Å². The topological polar surface area (TPSA) is 89.9 Å². The van der Waals surface area contributed by atoms with E-state index in [1.165, 1.54) is 24.0 Å². The Balaban J connectivity index is 1.26. The monoisotopic (exact) mass is 490 g/mol. The maximum atomic E-state index is 13.5. The molecule has 8 rings (SSSR count). The molecule has 0 unspecified atom stereocenters. The zero-order valence-electron chi connectivity index (χ0n) is 21.0. The highest BCUT2D eigenvalue weighted by molar-refractivity contribution is 5.97. The van der Waals surface area contributed by atoms with Crippen molar-refractivity contribution in [1.29, 1.82) is 0 Å². The van der Waals surface area contributed by atoms with E-state index in [0.29, 0.717) is 5.92 Å². The standard InChI is InChI=1S/C30H30N6O/c1-35-25-14-24(26-20(17-7-8-17)5-4-6-21(26)28(35)37)36-23-13-18(9-10-22(23)34-27(25)36)19-15-32-29(33-16-19)30(31)11-2-3-12-30/h4-6,9-10,13,15-17,24-25H,2-3,7-8,11-12,14,31H2,1H3/t24-,25-/m1/s1. The van der Waals surface area contributed by atoms with E-state index < -0.39 is 0 Å². The Kier molecular flexibility index (Phi) is 4.35. The quantitative estimate of drug-likeness (QED) is 0.425. The number of imidazole rings is 1. The third-order valence-corrected chi connectivity index (χ3v) is 9.21. The fourth-order valence-corrected chi connectivity index (χ4v) is 7.04. The first-order valence-electron chi connectivity index (χ1n) is 13.6. The molecule has 2 bridgehead atoms. The van der Waals surface area contributed by atoms with E-state index in [4.69, 9.17) is 20.7 Å². The molecule has 0 saturated heterocycles. The smallest absolute Gasteiger partial charge is 0.254 e. The van der Waals surface area contributed by atoms with Crippen molar-refractivity contribution in [3.8, 4) is 11.1 Å². The van der Waals surface area contributed by atoms with E-state index in [0.717, 1.165) is 71.5 Å². The van der Waals surface area contributed by atoms with Crippen molar-refractivity contribution >= 4 is 16.9 Å². The number of aromatic nitrogens is 4. The number of carbonyl (C=O) groups is 1. The molecule has 0 spiro atoms. The van der Waals surface area contributed by atoms with Crippen LogP contribution >= 0.6 is 0 Å². The van der Waals surface area contributed by atoms with Gasteiger partial charge in [-0.1, -0.05) is 31.0 Å². The molecule has 7 heteroatoms. The predicted molar refractivity (Wildman–Crippen MR) is 141 cm³/mol. The third kappa shape index (κ3) is 3.04. The second-order valence-corrected chi connectivity index (χ2v) is 11.5. The molecular weight excluding hydrogens is 460 g/mol. The van der Waals surface area contributed by atoms with Crippen LogP contribution in [0.25, 0.3) is 22.2 Å². The van der Waals surface area contributed by atoms with E-state index >= 15 is 0 Å². The maximum absolute atomic E-state index is 13.5. The number of amides is 1. The van der Waals surface area contributed by atoms with Crippen molar-refractivity contribution in [3.05, 3.63) is 77.1 Å². The fourth-order valence-electron chi connectivity index (χ4n) is 7.04. The van der Waals surface area contributed by atoms with Gasteiger partial charge in [0.25, 0.3) is 5.91 Å². The van der Waals surface area contributed by atoms with Gasteiger partial charge in [0.05, 0.1) is 28.7 Å². The lowest BCUT2D eigenvalue weighted by Gasteiger charge is -2.25. The van der Waals surface area contributed by atoms with Crippen molar-refractivity contribution in [2.45, 2.75) is 68.5 Å². The minimum Gasteiger partial charge on any atom is -0.331 e. The summed E-state index contributed by atoms with van der Waals surface area (Å²) < 4.78 is 2.40. The molecule has 2 aromatic carbocycles. The number of rotatable bonds is 3. The lowest BCUT2D eigenvalue weighted by molar-refractivity contribution is 0.0734. The highest BCUT2D eigenvalue weighted by Crippen LogP contribution is 2.52. The molecule has 2 atom stereocenters. The van der Waals surface area contributed by atoms with E-state index in [1.54, 1.807) is 0 Å². The first kappa shape index (κ1) is 21.5. The minimum absolute atomic E-state index is 0.0254. The van der Waals surface area contributed by atoms with Gasteiger partial charge >= 0.3 is 0 Å². The number of nitrogens with two attached hydrogens (primary N) is 1. The number of hydrogen-bond donors (Lipinski definition) is 1. The van der Waals surface area contributed by atoms with Crippen molar-refractivity contribution in [2.75, 3.05) is 7.05 Å². The molecule has 4 aromatic rings. The second-order valence-electron chi connectivity index (χ2n) is 11.5. The van der Waals surface area contributed by atoms with Crippen LogP contribution < -0.4 is 5.73 Å². The zero-order valence-corrected chi connectivity index (χ0v) is 21.0.